The molecule has 0 unspecified atom stereocenters. The van der Waals surface area contributed by atoms with E-state index in [1.54, 1.807) is 0 Å². The summed E-state index contributed by atoms with van der Waals surface area (Å²) in [6.45, 7) is 6.67. The summed E-state index contributed by atoms with van der Waals surface area (Å²) < 4.78 is 0. The van der Waals surface area contributed by atoms with Crippen LogP contribution >= 0.6 is 11.3 Å². The van der Waals surface area contributed by atoms with Crippen molar-refractivity contribution in [2.75, 3.05) is 24.2 Å². The molecule has 0 aliphatic carbocycles. The Morgan fingerprint density at radius 3 is 2.75 bits per heavy atom. The minimum Gasteiger partial charge on any atom is -0.382 e. The highest BCUT2D eigenvalue weighted by molar-refractivity contribution is 7.18. The smallest absolute Gasteiger partial charge is 0.265 e. The SMILES string of the molecule is CCN(C)c1nc(N)c(C(=O)NC(C)C)s1. The average Bonchev–Trinajstić information content (AvgIpc) is 2.58. The van der Waals surface area contributed by atoms with Gasteiger partial charge in [-0.05, 0) is 20.8 Å². The molecule has 16 heavy (non-hydrogen) atoms. The van der Waals surface area contributed by atoms with E-state index in [9.17, 15) is 4.79 Å². The molecule has 0 saturated carbocycles. The molecule has 1 aromatic rings. The summed E-state index contributed by atoms with van der Waals surface area (Å²) in [6, 6.07) is 0.0985. The first-order valence-electron chi connectivity index (χ1n) is 5.24. The number of hydrogen-bond donors (Lipinski definition) is 2. The third kappa shape index (κ3) is 2.85. The van der Waals surface area contributed by atoms with Crippen molar-refractivity contribution in [2.45, 2.75) is 26.8 Å². The van der Waals surface area contributed by atoms with Gasteiger partial charge in [-0.3, -0.25) is 4.79 Å². The number of aromatic nitrogens is 1. The molecule has 0 aliphatic heterocycles. The van der Waals surface area contributed by atoms with Gasteiger partial charge in [0.15, 0.2) is 5.13 Å². The van der Waals surface area contributed by atoms with Crippen molar-refractivity contribution < 1.29 is 4.79 Å². The average molecular weight is 242 g/mol. The number of carbonyl (C=O) groups excluding carboxylic acids is 1. The topological polar surface area (TPSA) is 71.2 Å². The van der Waals surface area contributed by atoms with Crippen LogP contribution < -0.4 is 16.0 Å². The quantitative estimate of drug-likeness (QED) is 0.835. The number of anilines is 2. The summed E-state index contributed by atoms with van der Waals surface area (Å²) in [5, 5.41) is 3.58. The molecule has 1 heterocycles. The van der Waals surface area contributed by atoms with Gasteiger partial charge in [-0.15, -0.1) is 0 Å². The van der Waals surface area contributed by atoms with Gasteiger partial charge in [-0.2, -0.15) is 0 Å². The van der Waals surface area contributed by atoms with Crippen molar-refractivity contribution in [1.29, 1.82) is 0 Å². The van der Waals surface area contributed by atoms with E-state index in [1.165, 1.54) is 11.3 Å². The lowest BCUT2D eigenvalue weighted by molar-refractivity contribution is 0.0948. The number of nitrogens with one attached hydrogen (secondary N) is 1. The fourth-order valence-corrected chi connectivity index (χ4v) is 2.02. The van der Waals surface area contributed by atoms with Crippen LogP contribution in [0.2, 0.25) is 0 Å². The van der Waals surface area contributed by atoms with E-state index < -0.39 is 0 Å². The van der Waals surface area contributed by atoms with Gasteiger partial charge in [0, 0.05) is 19.6 Å². The molecular formula is C10H18N4OS. The van der Waals surface area contributed by atoms with E-state index >= 15 is 0 Å². The highest BCUT2D eigenvalue weighted by atomic mass is 32.1. The Bertz CT molecular complexity index is 375. The van der Waals surface area contributed by atoms with Gasteiger partial charge in [-0.1, -0.05) is 11.3 Å². The van der Waals surface area contributed by atoms with Gasteiger partial charge in [0.2, 0.25) is 0 Å². The van der Waals surface area contributed by atoms with Crippen molar-refractivity contribution in [2.24, 2.45) is 0 Å². The van der Waals surface area contributed by atoms with Crippen molar-refractivity contribution in [1.82, 2.24) is 10.3 Å². The zero-order valence-electron chi connectivity index (χ0n) is 10.1. The first kappa shape index (κ1) is 12.8. The van der Waals surface area contributed by atoms with Gasteiger partial charge in [0.25, 0.3) is 5.91 Å². The van der Waals surface area contributed by atoms with Crippen molar-refractivity contribution in [3.8, 4) is 0 Å². The Hall–Kier alpha value is -1.30. The lowest BCUT2D eigenvalue weighted by atomic mass is 10.3. The minimum atomic E-state index is -0.152. The highest BCUT2D eigenvalue weighted by Crippen LogP contribution is 2.27. The number of hydrogen-bond acceptors (Lipinski definition) is 5. The molecule has 0 spiro atoms. The third-order valence-electron chi connectivity index (χ3n) is 2.07. The summed E-state index contributed by atoms with van der Waals surface area (Å²) in [7, 11) is 1.92. The van der Waals surface area contributed by atoms with Gasteiger partial charge in [0.05, 0.1) is 0 Å². The number of thiazole rings is 1. The maximum atomic E-state index is 11.8. The minimum absolute atomic E-state index is 0.0985. The molecule has 0 bridgehead atoms. The van der Waals surface area contributed by atoms with Crippen molar-refractivity contribution >= 4 is 28.2 Å². The van der Waals surface area contributed by atoms with Gasteiger partial charge in [0.1, 0.15) is 10.7 Å². The van der Waals surface area contributed by atoms with Crippen molar-refractivity contribution in [3.05, 3.63) is 4.88 Å². The molecule has 5 nitrogen and oxygen atoms in total. The molecule has 0 aromatic carbocycles. The van der Waals surface area contributed by atoms with Crippen LogP contribution in [0, 0.1) is 0 Å². The maximum Gasteiger partial charge on any atom is 0.265 e. The van der Waals surface area contributed by atoms with E-state index in [0.29, 0.717) is 10.7 Å². The number of amides is 1. The van der Waals surface area contributed by atoms with E-state index in [0.717, 1.165) is 11.7 Å². The number of carbonyl (C=O) groups is 1. The maximum absolute atomic E-state index is 11.8. The van der Waals surface area contributed by atoms with E-state index in [1.807, 2.05) is 32.7 Å². The second kappa shape index (κ2) is 5.16. The molecule has 1 aromatic heterocycles. The molecular weight excluding hydrogens is 224 g/mol. The summed E-state index contributed by atoms with van der Waals surface area (Å²) in [6.07, 6.45) is 0. The van der Waals surface area contributed by atoms with E-state index in [4.69, 9.17) is 5.73 Å². The van der Waals surface area contributed by atoms with Crippen LogP contribution in [0.15, 0.2) is 0 Å². The number of nitrogens with zero attached hydrogens (tertiary/aromatic N) is 2. The Morgan fingerprint density at radius 2 is 2.25 bits per heavy atom. The van der Waals surface area contributed by atoms with Crippen LogP contribution in [-0.4, -0.2) is 30.5 Å². The summed E-state index contributed by atoms with van der Waals surface area (Å²) in [5.74, 6) is 0.152. The molecule has 6 heteroatoms. The fraction of sp³-hybridized carbons (Fsp3) is 0.600. The predicted octanol–water partition coefficient (Wildman–Crippen LogP) is 1.32. The molecule has 1 rings (SSSR count). The first-order valence-corrected chi connectivity index (χ1v) is 6.05. The second-order valence-electron chi connectivity index (χ2n) is 3.85. The zero-order chi connectivity index (χ0) is 12.3. The molecule has 0 fully saturated rings. The molecule has 3 N–H and O–H groups in total. The largest absolute Gasteiger partial charge is 0.382 e. The lowest BCUT2D eigenvalue weighted by Gasteiger charge is -2.11. The predicted molar refractivity (Wildman–Crippen MR) is 68.1 cm³/mol. The van der Waals surface area contributed by atoms with Crippen LogP contribution in [-0.2, 0) is 0 Å². The molecule has 90 valence electrons. The second-order valence-corrected chi connectivity index (χ2v) is 4.83. The third-order valence-corrected chi connectivity index (χ3v) is 3.25. The fourth-order valence-electron chi connectivity index (χ4n) is 1.11. The van der Waals surface area contributed by atoms with Crippen LogP contribution in [0.25, 0.3) is 0 Å². The Balaban J connectivity index is 2.89. The first-order chi connectivity index (χ1) is 7.45. The van der Waals surface area contributed by atoms with Crippen molar-refractivity contribution in [3.63, 3.8) is 0 Å². The summed E-state index contributed by atoms with van der Waals surface area (Å²) >= 11 is 1.32. The Morgan fingerprint density at radius 1 is 1.62 bits per heavy atom. The summed E-state index contributed by atoms with van der Waals surface area (Å²) in [5.41, 5.74) is 5.72. The highest BCUT2D eigenvalue weighted by Gasteiger charge is 2.17. The molecule has 1 amide bonds. The number of nitrogens with two attached hydrogens (primary N) is 1. The summed E-state index contributed by atoms with van der Waals surface area (Å²) in [4.78, 5) is 18.4. The number of rotatable bonds is 4. The standard InChI is InChI=1S/C10H18N4OS/c1-5-14(4)10-13-8(11)7(16-10)9(15)12-6(2)3/h6H,5,11H2,1-4H3,(H,12,15). The molecule has 0 atom stereocenters. The van der Waals surface area contributed by atoms with Crippen LogP contribution in [0.4, 0.5) is 10.9 Å². The Labute approximate surface area is 99.7 Å². The Kier molecular flexibility index (Phi) is 4.12. The molecule has 0 saturated heterocycles. The van der Waals surface area contributed by atoms with Crippen LogP contribution in [0.1, 0.15) is 30.4 Å². The van der Waals surface area contributed by atoms with E-state index in [2.05, 4.69) is 10.3 Å². The van der Waals surface area contributed by atoms with E-state index in [-0.39, 0.29) is 11.9 Å². The molecule has 0 radical (unpaired) electrons. The van der Waals surface area contributed by atoms with Gasteiger partial charge in [-0.25, -0.2) is 4.98 Å². The van der Waals surface area contributed by atoms with Crippen LogP contribution in [0.3, 0.4) is 0 Å². The lowest BCUT2D eigenvalue weighted by Crippen LogP contribution is -2.29. The molecule has 0 aliphatic rings. The normalized spacial score (nSPS) is 10.6. The zero-order valence-corrected chi connectivity index (χ0v) is 10.9. The van der Waals surface area contributed by atoms with Crippen LogP contribution in [0.5, 0.6) is 0 Å². The number of nitrogen functional groups attached to an aromatic ring is 1. The monoisotopic (exact) mass is 242 g/mol. The van der Waals surface area contributed by atoms with Gasteiger partial charge >= 0.3 is 0 Å². The van der Waals surface area contributed by atoms with Gasteiger partial charge < -0.3 is 16.0 Å².